The number of ether oxygens (including phenoxy) is 1. The van der Waals surface area contributed by atoms with Crippen LogP contribution in [0.25, 0.3) is 0 Å². The zero-order valence-corrected chi connectivity index (χ0v) is 12.9. The van der Waals surface area contributed by atoms with Gasteiger partial charge in [-0.2, -0.15) is 0 Å². The summed E-state index contributed by atoms with van der Waals surface area (Å²) in [4.78, 5) is 15.0. The zero-order chi connectivity index (χ0) is 15.3. The molecule has 21 heavy (non-hydrogen) atoms. The van der Waals surface area contributed by atoms with Crippen molar-refractivity contribution in [3.63, 3.8) is 0 Å². The van der Waals surface area contributed by atoms with Crippen molar-refractivity contribution in [2.24, 2.45) is 16.3 Å². The topological polar surface area (TPSA) is 88.2 Å². The first kappa shape index (κ1) is 16.1. The van der Waals surface area contributed by atoms with E-state index in [9.17, 15) is 4.79 Å². The van der Waals surface area contributed by atoms with Gasteiger partial charge in [0.2, 0.25) is 5.91 Å². The van der Waals surface area contributed by atoms with E-state index in [1.165, 1.54) is 0 Å². The quantitative estimate of drug-likeness (QED) is 0.267. The van der Waals surface area contributed by atoms with Crippen molar-refractivity contribution < 1.29 is 14.7 Å². The summed E-state index contributed by atoms with van der Waals surface area (Å²) in [5, 5.41) is 12.4. The van der Waals surface area contributed by atoms with Gasteiger partial charge in [0.25, 0.3) is 0 Å². The number of amides is 1. The Kier molecular flexibility index (Phi) is 5.45. The van der Waals surface area contributed by atoms with Gasteiger partial charge >= 0.3 is 0 Å². The van der Waals surface area contributed by atoms with Crippen molar-refractivity contribution in [1.29, 1.82) is 0 Å². The van der Waals surface area contributed by atoms with Crippen LogP contribution in [0, 0.1) is 5.41 Å². The fourth-order valence-electron chi connectivity index (χ4n) is 3.49. The number of nitrogens with zero attached hydrogens (tertiary/aromatic N) is 2. The minimum atomic E-state index is -0.824. The van der Waals surface area contributed by atoms with Crippen molar-refractivity contribution in [2.75, 3.05) is 19.7 Å². The summed E-state index contributed by atoms with van der Waals surface area (Å²) < 4.78 is 5.61. The molecular formula is C15H27N3O3. The average molecular weight is 297 g/mol. The van der Waals surface area contributed by atoms with Crippen LogP contribution in [0.15, 0.2) is 5.16 Å². The molecule has 0 aromatic rings. The normalized spacial score (nSPS) is 27.8. The van der Waals surface area contributed by atoms with Crippen molar-refractivity contribution in [3.05, 3.63) is 0 Å². The molecular weight excluding hydrogens is 270 g/mol. The smallest absolute Gasteiger partial charge is 0.236 e. The van der Waals surface area contributed by atoms with Gasteiger partial charge in [0.15, 0.2) is 5.84 Å². The van der Waals surface area contributed by atoms with Crippen LogP contribution in [0.5, 0.6) is 0 Å². The number of oxime groups is 1. The van der Waals surface area contributed by atoms with Gasteiger partial charge in [0, 0.05) is 19.7 Å². The Bertz CT molecular complexity index is 390. The highest BCUT2D eigenvalue weighted by Crippen LogP contribution is 2.37. The van der Waals surface area contributed by atoms with E-state index >= 15 is 0 Å². The lowest BCUT2D eigenvalue weighted by Crippen LogP contribution is -2.52. The van der Waals surface area contributed by atoms with E-state index in [-0.39, 0.29) is 17.8 Å². The van der Waals surface area contributed by atoms with Crippen LogP contribution in [-0.4, -0.2) is 47.7 Å². The van der Waals surface area contributed by atoms with Gasteiger partial charge in [0.1, 0.15) is 5.41 Å². The molecule has 3 N–H and O–H groups in total. The molecule has 0 radical (unpaired) electrons. The first-order valence-electron chi connectivity index (χ1n) is 7.99. The van der Waals surface area contributed by atoms with E-state index in [4.69, 9.17) is 15.7 Å². The number of amidine groups is 1. The maximum Gasteiger partial charge on any atom is 0.236 e. The van der Waals surface area contributed by atoms with Crippen LogP contribution < -0.4 is 5.73 Å². The zero-order valence-electron chi connectivity index (χ0n) is 12.9. The van der Waals surface area contributed by atoms with Crippen molar-refractivity contribution >= 4 is 11.7 Å². The van der Waals surface area contributed by atoms with Gasteiger partial charge < -0.3 is 20.6 Å². The summed E-state index contributed by atoms with van der Waals surface area (Å²) in [6.45, 7) is 3.93. The van der Waals surface area contributed by atoms with Crippen molar-refractivity contribution in [1.82, 2.24) is 4.90 Å². The lowest BCUT2D eigenvalue weighted by atomic mass is 9.77. The number of nitrogens with two attached hydrogens (primary N) is 1. The Morgan fingerprint density at radius 2 is 1.95 bits per heavy atom. The fourth-order valence-corrected chi connectivity index (χ4v) is 3.49. The lowest BCUT2D eigenvalue weighted by Gasteiger charge is -2.35. The molecule has 0 spiro atoms. The van der Waals surface area contributed by atoms with E-state index in [0.29, 0.717) is 32.5 Å². The second kappa shape index (κ2) is 7.11. The summed E-state index contributed by atoms with van der Waals surface area (Å²) in [5.41, 5.74) is 5.13. The Labute approximate surface area is 126 Å². The van der Waals surface area contributed by atoms with Crippen LogP contribution >= 0.6 is 0 Å². The predicted molar refractivity (Wildman–Crippen MR) is 80.2 cm³/mol. The predicted octanol–water partition coefficient (Wildman–Crippen LogP) is 1.71. The number of carbonyl (C=O) groups excluding carboxylic acids is 1. The van der Waals surface area contributed by atoms with Gasteiger partial charge in [-0.25, -0.2) is 0 Å². The van der Waals surface area contributed by atoms with E-state index < -0.39 is 5.41 Å². The van der Waals surface area contributed by atoms with E-state index in [1.54, 1.807) is 0 Å². The van der Waals surface area contributed by atoms with Gasteiger partial charge in [-0.05, 0) is 26.2 Å². The molecule has 1 heterocycles. The van der Waals surface area contributed by atoms with Crippen molar-refractivity contribution in [2.45, 2.75) is 58.0 Å². The van der Waals surface area contributed by atoms with Gasteiger partial charge in [-0.1, -0.05) is 30.8 Å². The number of rotatable bonds is 2. The Morgan fingerprint density at radius 1 is 1.29 bits per heavy atom. The molecule has 2 rings (SSSR count). The monoisotopic (exact) mass is 297 g/mol. The highest BCUT2D eigenvalue weighted by atomic mass is 16.5. The van der Waals surface area contributed by atoms with Gasteiger partial charge in [0.05, 0.1) is 6.10 Å². The molecule has 1 saturated carbocycles. The average Bonchev–Trinajstić information content (AvgIpc) is 2.86. The van der Waals surface area contributed by atoms with Gasteiger partial charge in [-0.3, -0.25) is 4.79 Å². The number of hydrogen-bond acceptors (Lipinski definition) is 4. The third kappa shape index (κ3) is 3.48. The molecule has 1 saturated heterocycles. The number of hydrogen-bond donors (Lipinski definition) is 2. The maximum atomic E-state index is 13.1. The Morgan fingerprint density at radius 3 is 2.57 bits per heavy atom. The summed E-state index contributed by atoms with van der Waals surface area (Å²) >= 11 is 0. The van der Waals surface area contributed by atoms with Crippen LogP contribution in [0.2, 0.25) is 0 Å². The van der Waals surface area contributed by atoms with E-state index in [2.05, 4.69) is 5.16 Å². The van der Waals surface area contributed by atoms with Crippen molar-refractivity contribution in [3.8, 4) is 0 Å². The first-order chi connectivity index (χ1) is 10.1. The molecule has 0 aromatic heterocycles. The third-order valence-electron chi connectivity index (χ3n) is 4.70. The lowest BCUT2D eigenvalue weighted by molar-refractivity contribution is -0.139. The SMILES string of the molecule is CC1CN(C(=O)C2(C(N)=NO)CCCCCC2)CCCO1. The Hall–Kier alpha value is -1.30. The second-order valence-corrected chi connectivity index (χ2v) is 6.27. The van der Waals surface area contributed by atoms with Crippen LogP contribution in [-0.2, 0) is 9.53 Å². The van der Waals surface area contributed by atoms with Crippen LogP contribution in [0.3, 0.4) is 0 Å². The minimum absolute atomic E-state index is 0.0112. The summed E-state index contributed by atoms with van der Waals surface area (Å²) in [7, 11) is 0. The van der Waals surface area contributed by atoms with Gasteiger partial charge in [-0.15, -0.1) is 0 Å². The van der Waals surface area contributed by atoms with E-state index in [1.807, 2.05) is 11.8 Å². The highest BCUT2D eigenvalue weighted by Gasteiger charge is 2.45. The molecule has 1 aliphatic carbocycles. The molecule has 1 aliphatic heterocycles. The first-order valence-corrected chi connectivity index (χ1v) is 7.99. The summed E-state index contributed by atoms with van der Waals surface area (Å²) in [6.07, 6.45) is 6.32. The molecule has 0 aromatic carbocycles. The molecule has 0 bridgehead atoms. The second-order valence-electron chi connectivity index (χ2n) is 6.27. The maximum absolute atomic E-state index is 13.1. The summed E-state index contributed by atoms with van der Waals surface area (Å²) in [5.74, 6) is 0.0873. The standard InChI is InChI=1S/C15H27N3O3/c1-12-11-18(9-6-10-21-12)14(19)15(13(16)17-20)7-4-2-3-5-8-15/h12,20H,2-11H2,1H3,(H2,16,17). The molecule has 2 fully saturated rings. The molecule has 120 valence electrons. The molecule has 6 heteroatoms. The molecule has 6 nitrogen and oxygen atoms in total. The van der Waals surface area contributed by atoms with E-state index in [0.717, 1.165) is 32.1 Å². The molecule has 1 atom stereocenters. The molecule has 2 aliphatic rings. The Balaban J connectivity index is 2.24. The largest absolute Gasteiger partial charge is 0.409 e. The third-order valence-corrected chi connectivity index (χ3v) is 4.70. The fraction of sp³-hybridized carbons (Fsp3) is 0.867. The minimum Gasteiger partial charge on any atom is -0.409 e. The van der Waals surface area contributed by atoms with Crippen LogP contribution in [0.4, 0.5) is 0 Å². The number of carbonyl (C=O) groups is 1. The highest BCUT2D eigenvalue weighted by molar-refractivity contribution is 6.06. The molecule has 1 unspecified atom stereocenters. The molecule has 1 amide bonds. The van der Waals surface area contributed by atoms with Crippen LogP contribution in [0.1, 0.15) is 51.9 Å². The summed E-state index contributed by atoms with van der Waals surface area (Å²) in [6, 6.07) is 0.